The van der Waals surface area contributed by atoms with Crippen molar-refractivity contribution in [1.82, 2.24) is 0 Å². The number of nitriles is 1. The maximum atomic E-state index is 8.20. The van der Waals surface area contributed by atoms with Crippen LogP contribution in [0.1, 0.15) is 6.42 Å². The van der Waals surface area contributed by atoms with Gasteiger partial charge in [0.1, 0.15) is 0 Å². The molecule has 0 aromatic carbocycles. The molecule has 2 nitrogen and oxygen atoms in total. The van der Waals surface area contributed by atoms with E-state index < -0.39 is 22.9 Å². The van der Waals surface area contributed by atoms with Crippen molar-refractivity contribution in [2.24, 2.45) is 0 Å². The molecular weight excluding hydrogens is 193 g/mol. The van der Waals surface area contributed by atoms with Crippen molar-refractivity contribution in [3.63, 3.8) is 0 Å². The first-order valence-electron chi connectivity index (χ1n) is 2.13. The molecule has 3 heteroatoms. The van der Waals surface area contributed by atoms with Crippen LogP contribution in [0.15, 0.2) is 0 Å². The molecule has 0 radical (unpaired) electrons. The molecule has 0 saturated heterocycles. The fourth-order valence-corrected chi connectivity index (χ4v) is 2.84. The van der Waals surface area contributed by atoms with E-state index in [1.807, 2.05) is 0 Å². The Morgan fingerprint density at radius 3 is 3.14 bits per heavy atom. The predicted molar refractivity (Wildman–Crippen MR) is 26.9 cm³/mol. The van der Waals surface area contributed by atoms with Gasteiger partial charge in [-0.3, -0.25) is 0 Å². The van der Waals surface area contributed by atoms with Crippen LogP contribution in [0.2, 0.25) is 0 Å². The number of rotatable bonds is 0. The Labute approximate surface area is 53.5 Å². The van der Waals surface area contributed by atoms with Crippen LogP contribution in [0.25, 0.3) is 0 Å². The Bertz CT molecular complexity index is 118. The van der Waals surface area contributed by atoms with Crippen LogP contribution in [-0.4, -0.2) is 32.7 Å². The van der Waals surface area contributed by atoms with Gasteiger partial charge in [0, 0.05) is 0 Å². The van der Waals surface area contributed by atoms with Crippen molar-refractivity contribution in [3.05, 3.63) is 0 Å². The summed E-state index contributed by atoms with van der Waals surface area (Å²) < 4.78 is 7.23. The van der Waals surface area contributed by atoms with Crippen molar-refractivity contribution in [2.45, 2.75) is 12.5 Å². The van der Waals surface area contributed by atoms with Crippen LogP contribution in [0, 0.1) is 11.3 Å². The van der Waals surface area contributed by atoms with Crippen LogP contribution in [0.3, 0.4) is 0 Å². The maximum absolute atomic E-state index is 8.20. The molecule has 7 heavy (non-hydrogen) atoms. The van der Waals surface area contributed by atoms with Gasteiger partial charge in [-0.05, 0) is 0 Å². The van der Waals surface area contributed by atoms with E-state index in [9.17, 15) is 0 Å². The summed E-state index contributed by atoms with van der Waals surface area (Å²) in [6.45, 7) is 0. The Hall–Kier alpha value is 0.0301. The van der Waals surface area contributed by atoms with Crippen LogP contribution >= 0.6 is 0 Å². The number of hydrogen-bond donors (Lipinski definition) is 0. The van der Waals surface area contributed by atoms with Crippen LogP contribution in [0.4, 0.5) is 0 Å². The molecule has 1 aliphatic heterocycles. The molecule has 0 aliphatic carbocycles. The third-order valence-electron chi connectivity index (χ3n) is 0.833. The van der Waals surface area contributed by atoms with Gasteiger partial charge in [0.25, 0.3) is 0 Å². The summed E-state index contributed by atoms with van der Waals surface area (Å²) in [6.07, 6.45) is 0.818. The Kier molecular flexibility index (Phi) is 1.75. The SMILES string of the molecule is N#CC1C[CH]=[In][O]1. The molecule has 0 saturated carbocycles. The average molecular weight is 197 g/mol. The number of hydrogen-bond acceptors (Lipinski definition) is 2. The first-order chi connectivity index (χ1) is 3.43. The van der Waals surface area contributed by atoms with Gasteiger partial charge in [-0.15, -0.1) is 0 Å². The van der Waals surface area contributed by atoms with Crippen molar-refractivity contribution >= 4 is 26.6 Å². The van der Waals surface area contributed by atoms with Crippen molar-refractivity contribution in [1.29, 1.82) is 5.26 Å². The number of nitrogens with zero attached hydrogens (tertiary/aromatic N) is 1. The van der Waals surface area contributed by atoms with Gasteiger partial charge >= 0.3 is 53.3 Å². The van der Waals surface area contributed by atoms with Gasteiger partial charge < -0.3 is 0 Å². The summed E-state index contributed by atoms with van der Waals surface area (Å²) in [7, 11) is 0. The summed E-state index contributed by atoms with van der Waals surface area (Å²) in [5.74, 6) is 0. The summed E-state index contributed by atoms with van der Waals surface area (Å²) in [4.78, 5) is 0. The Morgan fingerprint density at radius 1 is 2.00 bits per heavy atom. The van der Waals surface area contributed by atoms with Gasteiger partial charge in [-0.1, -0.05) is 0 Å². The topological polar surface area (TPSA) is 33.0 Å². The zero-order valence-electron chi connectivity index (χ0n) is 3.79. The second-order valence-electron chi connectivity index (χ2n) is 1.36. The molecule has 0 spiro atoms. The summed E-state index contributed by atoms with van der Waals surface area (Å²) in [5.41, 5.74) is 0. The molecule has 1 aliphatic rings. The molecule has 1 heterocycles. The average Bonchev–Trinajstić information content (AvgIpc) is 2.14. The van der Waals surface area contributed by atoms with Gasteiger partial charge in [-0.25, -0.2) is 0 Å². The molecule has 1 unspecified atom stereocenters. The standard InChI is InChI=1S/C4H4NO.In/c1-2-4(6)3-5;/h1,4H,2H2;/q-1;+1. The van der Waals surface area contributed by atoms with E-state index in [1.54, 1.807) is 0 Å². The van der Waals surface area contributed by atoms with E-state index in [-0.39, 0.29) is 6.10 Å². The normalized spacial score (nSPS) is 25.3. The van der Waals surface area contributed by atoms with Crippen LogP contribution < -0.4 is 0 Å². The van der Waals surface area contributed by atoms with E-state index in [0.717, 1.165) is 6.42 Å². The van der Waals surface area contributed by atoms with Gasteiger partial charge in [0.05, 0.1) is 0 Å². The van der Waals surface area contributed by atoms with Gasteiger partial charge in [0.2, 0.25) is 0 Å². The van der Waals surface area contributed by atoms with E-state index >= 15 is 0 Å². The monoisotopic (exact) mass is 197 g/mol. The summed E-state index contributed by atoms with van der Waals surface area (Å²) in [6, 6.07) is 2.06. The van der Waals surface area contributed by atoms with E-state index in [0.29, 0.717) is 0 Å². The summed E-state index contributed by atoms with van der Waals surface area (Å²) in [5, 5.41) is 8.20. The third kappa shape index (κ3) is 1.20. The molecule has 0 bridgehead atoms. The molecule has 0 aromatic rings. The van der Waals surface area contributed by atoms with Crippen LogP contribution in [-0.2, 0) is 2.85 Å². The molecule has 0 aromatic heterocycles. The second-order valence-corrected chi connectivity index (χ2v) is 4.26. The summed E-state index contributed by atoms with van der Waals surface area (Å²) >= 11 is -0.736. The fourth-order valence-electron chi connectivity index (χ4n) is 0.468. The molecule has 1 atom stereocenters. The van der Waals surface area contributed by atoms with Crippen molar-refractivity contribution in [2.75, 3.05) is 0 Å². The first kappa shape index (κ1) is 5.17. The molecule has 34 valence electrons. The Morgan fingerprint density at radius 2 is 2.86 bits per heavy atom. The zero-order valence-corrected chi connectivity index (χ0v) is 7.09. The first-order valence-corrected chi connectivity index (χ1v) is 5.38. The second kappa shape index (κ2) is 2.37. The molecule has 1 rings (SSSR count). The minimum absolute atomic E-state index is 0.0683. The molecule has 0 fully saturated rings. The minimum atomic E-state index is -0.736. The molecule has 0 N–H and O–H groups in total. The van der Waals surface area contributed by atoms with Gasteiger partial charge in [-0.2, -0.15) is 0 Å². The zero-order chi connectivity index (χ0) is 5.11. The van der Waals surface area contributed by atoms with Crippen molar-refractivity contribution < 1.29 is 2.85 Å². The van der Waals surface area contributed by atoms with E-state index in [2.05, 4.69) is 9.83 Å². The fraction of sp³-hybridized carbons (Fsp3) is 0.500. The van der Waals surface area contributed by atoms with E-state index in [4.69, 9.17) is 8.12 Å². The predicted octanol–water partition coefficient (Wildman–Crippen LogP) is -0.280. The Balaban J connectivity index is 2.39. The van der Waals surface area contributed by atoms with Crippen molar-refractivity contribution in [3.8, 4) is 6.07 Å². The quantitative estimate of drug-likeness (QED) is 0.534. The molecule has 0 amide bonds. The van der Waals surface area contributed by atoms with Gasteiger partial charge in [0.15, 0.2) is 0 Å². The van der Waals surface area contributed by atoms with Crippen LogP contribution in [0.5, 0.6) is 0 Å². The van der Waals surface area contributed by atoms with E-state index in [1.165, 1.54) is 0 Å². The molecular formula is C4H4InNO. The third-order valence-corrected chi connectivity index (χ3v) is 3.55.